The number of carbonyl (C=O) groups excluding carboxylic acids is 1. The molecule has 1 atom stereocenters. The van der Waals surface area contributed by atoms with Gasteiger partial charge in [-0.2, -0.15) is 5.10 Å². The molecule has 1 amide bonds. The number of aromatic nitrogens is 2. The quantitative estimate of drug-likeness (QED) is 0.865. The maximum atomic E-state index is 12.0. The van der Waals surface area contributed by atoms with Gasteiger partial charge in [0.25, 0.3) is 5.91 Å². The summed E-state index contributed by atoms with van der Waals surface area (Å²) < 4.78 is 1.66. The largest absolute Gasteiger partial charge is 0.352 e. The monoisotopic (exact) mass is 302 g/mol. The highest BCUT2D eigenvalue weighted by molar-refractivity contribution is 5.93. The zero-order chi connectivity index (χ0) is 15.4. The van der Waals surface area contributed by atoms with Crippen LogP contribution in [0.1, 0.15) is 42.5 Å². The van der Waals surface area contributed by atoms with Gasteiger partial charge in [-0.3, -0.25) is 14.4 Å². The number of carbonyl (C=O) groups is 1. The molecule has 1 aliphatic carbocycles. The Kier molecular flexibility index (Phi) is 4.93. The molecule has 1 aromatic rings. The van der Waals surface area contributed by atoms with Crippen molar-refractivity contribution in [3.63, 3.8) is 0 Å². The van der Waals surface area contributed by atoms with E-state index in [0.29, 0.717) is 17.5 Å². The van der Waals surface area contributed by atoms with Gasteiger partial charge in [0.15, 0.2) is 0 Å². The van der Waals surface area contributed by atoms with E-state index < -0.39 is 0 Å². The second kappa shape index (κ2) is 7.09. The number of rotatable bonds is 4. The number of nitrogens with one attached hydrogen (secondary N) is 1. The van der Waals surface area contributed by atoms with Crippen molar-refractivity contribution in [1.29, 1.82) is 0 Å². The Bertz CT molecular complexity index is 529. The van der Waals surface area contributed by atoms with Crippen molar-refractivity contribution in [2.75, 3.05) is 19.6 Å². The number of hydrogen-bond acceptors (Lipinski definition) is 3. The predicted octanol–water partition coefficient (Wildman–Crippen LogP) is 1.97. The number of piperidine rings is 1. The molecule has 1 N–H and O–H groups in total. The van der Waals surface area contributed by atoms with Crippen LogP contribution in [0, 0.1) is 5.92 Å². The standard InChI is InChI=1S/C17H26N4O/c1-20-13-15(12-19-20)17(22)18-11-14-7-9-21(10-8-14)16-5-3-2-4-6-16/h3,5,12-14,16H,2,4,6-11H2,1H3,(H,18,22)/t16-/m0/s1. The lowest BCUT2D eigenvalue weighted by atomic mass is 9.93. The van der Waals surface area contributed by atoms with E-state index in [2.05, 4.69) is 27.5 Å². The van der Waals surface area contributed by atoms with Gasteiger partial charge in [0.05, 0.1) is 11.8 Å². The summed E-state index contributed by atoms with van der Waals surface area (Å²) in [7, 11) is 1.83. The van der Waals surface area contributed by atoms with Crippen molar-refractivity contribution >= 4 is 5.91 Å². The lowest BCUT2D eigenvalue weighted by molar-refractivity contribution is 0.0929. The van der Waals surface area contributed by atoms with Gasteiger partial charge in [0.1, 0.15) is 0 Å². The molecule has 2 heterocycles. The summed E-state index contributed by atoms with van der Waals surface area (Å²) in [4.78, 5) is 14.6. The lowest BCUT2D eigenvalue weighted by Gasteiger charge is -2.37. The average Bonchev–Trinajstić information content (AvgIpc) is 3.00. The van der Waals surface area contributed by atoms with Crippen LogP contribution < -0.4 is 5.32 Å². The van der Waals surface area contributed by atoms with Gasteiger partial charge < -0.3 is 5.32 Å². The first-order valence-corrected chi connectivity index (χ1v) is 8.40. The van der Waals surface area contributed by atoms with E-state index in [-0.39, 0.29) is 5.91 Å². The van der Waals surface area contributed by atoms with E-state index in [1.54, 1.807) is 17.1 Å². The smallest absolute Gasteiger partial charge is 0.254 e. The van der Waals surface area contributed by atoms with Crippen LogP contribution in [-0.4, -0.2) is 46.3 Å². The van der Waals surface area contributed by atoms with Crippen LogP contribution in [0.25, 0.3) is 0 Å². The first-order valence-electron chi connectivity index (χ1n) is 8.40. The van der Waals surface area contributed by atoms with E-state index in [9.17, 15) is 4.79 Å². The summed E-state index contributed by atoms with van der Waals surface area (Å²) in [5.74, 6) is 0.593. The van der Waals surface area contributed by atoms with Gasteiger partial charge in [-0.05, 0) is 51.1 Å². The highest BCUT2D eigenvalue weighted by atomic mass is 16.1. The summed E-state index contributed by atoms with van der Waals surface area (Å²) >= 11 is 0. The average molecular weight is 302 g/mol. The summed E-state index contributed by atoms with van der Waals surface area (Å²) in [6, 6.07) is 0.652. The molecule has 1 fully saturated rings. The number of allylic oxidation sites excluding steroid dienone is 1. The van der Waals surface area contributed by atoms with Crippen LogP contribution in [0.3, 0.4) is 0 Å². The summed E-state index contributed by atoms with van der Waals surface area (Å²) in [6.45, 7) is 3.09. The maximum Gasteiger partial charge on any atom is 0.254 e. The molecular formula is C17H26N4O. The zero-order valence-electron chi connectivity index (χ0n) is 13.4. The predicted molar refractivity (Wildman–Crippen MR) is 86.6 cm³/mol. The molecule has 0 saturated carbocycles. The van der Waals surface area contributed by atoms with Gasteiger partial charge in [-0.15, -0.1) is 0 Å². The van der Waals surface area contributed by atoms with Gasteiger partial charge in [-0.25, -0.2) is 0 Å². The third-order valence-electron chi connectivity index (χ3n) is 4.87. The van der Waals surface area contributed by atoms with Crippen molar-refractivity contribution < 1.29 is 4.79 Å². The molecule has 1 saturated heterocycles. The SMILES string of the molecule is Cn1cc(C(=O)NCC2CCN([C@H]3C=CCCC3)CC2)cn1. The second-order valence-electron chi connectivity index (χ2n) is 6.52. The first-order chi connectivity index (χ1) is 10.7. The van der Waals surface area contributed by atoms with E-state index >= 15 is 0 Å². The maximum absolute atomic E-state index is 12.0. The summed E-state index contributed by atoms with van der Waals surface area (Å²) in [5.41, 5.74) is 0.646. The Labute approximate surface area is 132 Å². The van der Waals surface area contributed by atoms with Crippen molar-refractivity contribution in [2.45, 2.75) is 38.1 Å². The minimum absolute atomic E-state index is 0.00857. The van der Waals surface area contributed by atoms with Crippen LogP contribution in [0.15, 0.2) is 24.5 Å². The van der Waals surface area contributed by atoms with Gasteiger partial charge in [0, 0.05) is 25.8 Å². The van der Waals surface area contributed by atoms with Crippen molar-refractivity contribution in [3.8, 4) is 0 Å². The van der Waals surface area contributed by atoms with Crippen LogP contribution in [-0.2, 0) is 7.05 Å². The highest BCUT2D eigenvalue weighted by Gasteiger charge is 2.24. The first kappa shape index (κ1) is 15.3. The molecule has 120 valence electrons. The molecule has 0 spiro atoms. The molecule has 2 aliphatic rings. The molecule has 0 bridgehead atoms. The second-order valence-corrected chi connectivity index (χ2v) is 6.52. The number of hydrogen-bond donors (Lipinski definition) is 1. The fourth-order valence-electron chi connectivity index (χ4n) is 3.46. The molecule has 0 radical (unpaired) electrons. The Hall–Kier alpha value is -1.62. The minimum Gasteiger partial charge on any atom is -0.352 e. The minimum atomic E-state index is -0.00857. The topological polar surface area (TPSA) is 50.2 Å². The highest BCUT2D eigenvalue weighted by Crippen LogP contribution is 2.23. The van der Waals surface area contributed by atoms with Crippen molar-refractivity contribution in [1.82, 2.24) is 20.0 Å². The Morgan fingerprint density at radius 3 is 2.82 bits per heavy atom. The van der Waals surface area contributed by atoms with Gasteiger partial charge >= 0.3 is 0 Å². The normalized spacial score (nSPS) is 23.6. The number of aryl methyl sites for hydroxylation is 1. The Morgan fingerprint density at radius 1 is 1.36 bits per heavy atom. The van der Waals surface area contributed by atoms with Gasteiger partial charge in [0.2, 0.25) is 0 Å². The van der Waals surface area contributed by atoms with Crippen molar-refractivity contribution in [2.24, 2.45) is 13.0 Å². The van der Waals surface area contributed by atoms with Crippen molar-refractivity contribution in [3.05, 3.63) is 30.1 Å². The molecule has 1 aliphatic heterocycles. The van der Waals surface area contributed by atoms with E-state index in [1.807, 2.05) is 7.05 Å². The fraction of sp³-hybridized carbons (Fsp3) is 0.647. The molecule has 5 heteroatoms. The Balaban J connectivity index is 1.41. The molecule has 1 aromatic heterocycles. The van der Waals surface area contributed by atoms with E-state index in [0.717, 1.165) is 19.6 Å². The van der Waals surface area contributed by atoms with E-state index in [4.69, 9.17) is 0 Å². The van der Waals surface area contributed by atoms with Crippen LogP contribution in [0.4, 0.5) is 0 Å². The fourth-order valence-corrected chi connectivity index (χ4v) is 3.46. The van der Waals surface area contributed by atoms with Gasteiger partial charge in [-0.1, -0.05) is 12.2 Å². The molecule has 5 nitrogen and oxygen atoms in total. The number of likely N-dealkylation sites (tertiary alicyclic amines) is 1. The summed E-state index contributed by atoms with van der Waals surface area (Å²) in [5, 5.41) is 7.09. The number of amides is 1. The van der Waals surface area contributed by atoms with E-state index in [1.165, 1.54) is 32.1 Å². The van der Waals surface area contributed by atoms with Crippen LogP contribution >= 0.6 is 0 Å². The van der Waals surface area contributed by atoms with Crippen LogP contribution in [0.2, 0.25) is 0 Å². The zero-order valence-corrected chi connectivity index (χ0v) is 13.4. The Morgan fingerprint density at radius 2 is 2.18 bits per heavy atom. The molecule has 22 heavy (non-hydrogen) atoms. The number of nitrogens with zero attached hydrogens (tertiary/aromatic N) is 3. The molecule has 3 rings (SSSR count). The molecule has 0 aromatic carbocycles. The molecule has 0 unspecified atom stereocenters. The lowest BCUT2D eigenvalue weighted by Crippen LogP contribution is -2.43. The third-order valence-corrected chi connectivity index (χ3v) is 4.87. The van der Waals surface area contributed by atoms with Crippen LogP contribution in [0.5, 0.6) is 0 Å². The third kappa shape index (κ3) is 3.77. The molecular weight excluding hydrogens is 276 g/mol. The summed E-state index contributed by atoms with van der Waals surface area (Å²) in [6.07, 6.45) is 14.3.